The van der Waals surface area contributed by atoms with Gasteiger partial charge in [-0.2, -0.15) is 0 Å². The molecule has 41 heavy (non-hydrogen) atoms. The number of ether oxygens (including phenoxy) is 5. The van der Waals surface area contributed by atoms with Gasteiger partial charge in [-0.3, -0.25) is 9.59 Å². The summed E-state index contributed by atoms with van der Waals surface area (Å²) in [5, 5.41) is 32.1. The molecule has 1 unspecified atom stereocenters. The zero-order chi connectivity index (χ0) is 31.0. The van der Waals surface area contributed by atoms with Crippen LogP contribution >= 0.6 is 8.58 Å². The zero-order valence-electron chi connectivity index (χ0n) is 26.2. The van der Waals surface area contributed by atoms with Gasteiger partial charge in [0, 0.05) is 26.0 Å². The van der Waals surface area contributed by atoms with E-state index >= 15 is 0 Å². The number of methoxy groups -OCH3 is 1. The number of rotatable bonds is 11. The van der Waals surface area contributed by atoms with E-state index in [9.17, 15) is 24.9 Å². The van der Waals surface area contributed by atoms with Crippen molar-refractivity contribution in [2.24, 2.45) is 17.8 Å². The SMILES string of the molecule is CO[C@]1(C)C[C@H](P[C@@H]([C@H](C)[C@@H](O[C@@H]2O[C@H](C)C[C@H](N(C)C)[C@H]2O)[C@@]2(C)C[C@@H](C)C(=O)O2)[C@@H](C)C(=O)O)O[C@@H](C)[C@@H]1O. The van der Waals surface area contributed by atoms with Crippen molar-refractivity contribution in [3.05, 3.63) is 0 Å². The van der Waals surface area contributed by atoms with Crippen molar-refractivity contribution in [1.29, 1.82) is 0 Å². The highest BCUT2D eigenvalue weighted by Crippen LogP contribution is 2.49. The van der Waals surface area contributed by atoms with Crippen LogP contribution < -0.4 is 0 Å². The van der Waals surface area contributed by atoms with Crippen LogP contribution in [-0.2, 0) is 33.3 Å². The fraction of sp³-hybridized carbons (Fsp3) is 0.931. The highest BCUT2D eigenvalue weighted by molar-refractivity contribution is 7.39. The van der Waals surface area contributed by atoms with Crippen molar-refractivity contribution in [2.45, 2.75) is 133 Å². The summed E-state index contributed by atoms with van der Waals surface area (Å²) in [4.78, 5) is 27.0. The Hall–Kier alpha value is -0.910. The van der Waals surface area contributed by atoms with Crippen LogP contribution in [0.15, 0.2) is 0 Å². The lowest BCUT2D eigenvalue weighted by Gasteiger charge is -2.48. The van der Waals surface area contributed by atoms with E-state index < -0.39 is 65.4 Å². The Balaban J connectivity index is 1.98. The van der Waals surface area contributed by atoms with Crippen LogP contribution in [0.4, 0.5) is 0 Å². The third kappa shape index (κ3) is 7.43. The van der Waals surface area contributed by atoms with Crippen LogP contribution in [0.1, 0.15) is 67.7 Å². The van der Waals surface area contributed by atoms with Gasteiger partial charge < -0.3 is 43.9 Å². The fourth-order valence-corrected chi connectivity index (χ4v) is 8.99. The van der Waals surface area contributed by atoms with Crippen LogP contribution in [0.5, 0.6) is 0 Å². The molecule has 0 spiro atoms. The van der Waals surface area contributed by atoms with Gasteiger partial charge in [-0.15, -0.1) is 0 Å². The number of hydrogen-bond acceptors (Lipinski definition) is 10. The van der Waals surface area contributed by atoms with Crippen molar-refractivity contribution in [3.63, 3.8) is 0 Å². The van der Waals surface area contributed by atoms with Crippen molar-refractivity contribution in [2.75, 3.05) is 21.2 Å². The second-order valence-corrected chi connectivity index (χ2v) is 14.8. The number of carbonyl (C=O) groups excluding carboxylic acids is 1. The Morgan fingerprint density at radius 2 is 1.76 bits per heavy atom. The van der Waals surface area contributed by atoms with Gasteiger partial charge in [0.05, 0.1) is 35.5 Å². The third-order valence-corrected chi connectivity index (χ3v) is 11.6. The first kappa shape index (κ1) is 34.6. The minimum atomic E-state index is -1.06. The van der Waals surface area contributed by atoms with Crippen LogP contribution in [0, 0.1) is 17.8 Å². The maximum atomic E-state index is 12.7. The summed E-state index contributed by atoms with van der Waals surface area (Å²) in [6.45, 7) is 12.8. The number of carboxylic acids is 1. The van der Waals surface area contributed by atoms with E-state index in [-0.39, 0.29) is 38.5 Å². The predicted molar refractivity (Wildman–Crippen MR) is 154 cm³/mol. The standard InChI is InChI=1S/C29H52NO10P/c1-14-12-29(7,40-26(14)35)24(39-27-21(31)19(30(8)9)11-15(2)37-27)16(3)22(17(4)25(33)34)41-20-13-28(6,36-10)23(32)18(5)38-20/h14-24,27,31-32,41H,11-13H2,1-10H3,(H,33,34)/t14-,15-,16+,17-,18+,19+,20+,21-,22+,23+,24-,27+,28-,29-/m1/s1. The molecule has 15 atom stereocenters. The summed E-state index contributed by atoms with van der Waals surface area (Å²) in [5.41, 5.74) is -2.35. The molecular weight excluding hydrogens is 553 g/mol. The number of carboxylic acid groups (broad SMARTS) is 1. The molecule has 0 amide bonds. The average Bonchev–Trinajstić information content (AvgIpc) is 3.16. The number of aliphatic hydroxyl groups excluding tert-OH is 2. The molecule has 0 aromatic carbocycles. The highest BCUT2D eigenvalue weighted by Gasteiger charge is 2.54. The first-order valence-electron chi connectivity index (χ1n) is 14.7. The van der Waals surface area contributed by atoms with Crippen molar-refractivity contribution in [1.82, 2.24) is 4.90 Å². The van der Waals surface area contributed by atoms with E-state index in [0.717, 1.165) is 0 Å². The molecule has 0 aromatic rings. The van der Waals surface area contributed by atoms with Gasteiger partial charge in [-0.05, 0) is 59.8 Å². The zero-order valence-corrected chi connectivity index (χ0v) is 27.2. The molecule has 3 N–H and O–H groups in total. The molecule has 3 fully saturated rings. The van der Waals surface area contributed by atoms with Gasteiger partial charge in [-0.1, -0.05) is 29.4 Å². The molecule has 238 valence electrons. The number of esters is 1. The second-order valence-electron chi connectivity index (χ2n) is 13.1. The van der Waals surface area contributed by atoms with Gasteiger partial charge in [-0.25, -0.2) is 0 Å². The van der Waals surface area contributed by atoms with Gasteiger partial charge in [0.2, 0.25) is 0 Å². The molecule has 0 saturated carbocycles. The van der Waals surface area contributed by atoms with Crippen LogP contribution in [0.2, 0.25) is 0 Å². The number of hydrogen-bond donors (Lipinski definition) is 3. The lowest BCUT2D eigenvalue weighted by Crippen LogP contribution is -2.59. The van der Waals surface area contributed by atoms with Crippen LogP contribution in [0.3, 0.4) is 0 Å². The summed E-state index contributed by atoms with van der Waals surface area (Å²) in [7, 11) is 5.37. The third-order valence-electron chi connectivity index (χ3n) is 9.46. The largest absolute Gasteiger partial charge is 0.481 e. The number of carbonyl (C=O) groups is 2. The quantitative estimate of drug-likeness (QED) is 0.236. The van der Waals surface area contributed by atoms with Crippen molar-refractivity contribution < 1.29 is 48.6 Å². The van der Waals surface area contributed by atoms with Gasteiger partial charge in [0.15, 0.2) is 6.29 Å². The number of nitrogens with zero attached hydrogens (tertiary/aromatic N) is 1. The van der Waals surface area contributed by atoms with E-state index in [4.69, 9.17) is 23.7 Å². The minimum Gasteiger partial charge on any atom is -0.481 e. The van der Waals surface area contributed by atoms with E-state index in [0.29, 0.717) is 19.3 Å². The maximum Gasteiger partial charge on any atom is 0.309 e. The molecule has 0 radical (unpaired) electrons. The van der Waals surface area contributed by atoms with Crippen LogP contribution in [-0.4, -0.2) is 119 Å². The first-order valence-corrected chi connectivity index (χ1v) is 15.8. The number of aliphatic carboxylic acids is 1. The molecule has 3 rings (SSSR count). The van der Waals surface area contributed by atoms with Crippen molar-refractivity contribution >= 4 is 20.5 Å². The monoisotopic (exact) mass is 605 g/mol. The minimum absolute atomic E-state index is 0.0202. The molecule has 0 bridgehead atoms. The van der Waals surface area contributed by atoms with E-state index in [1.165, 1.54) is 0 Å². The fourth-order valence-electron chi connectivity index (χ4n) is 6.84. The first-order chi connectivity index (χ1) is 18.9. The Morgan fingerprint density at radius 1 is 1.12 bits per heavy atom. The summed E-state index contributed by atoms with van der Waals surface area (Å²) in [6, 6.07) is -0.205. The molecule has 3 aliphatic heterocycles. The number of cyclic esters (lactones) is 1. The van der Waals surface area contributed by atoms with Gasteiger partial charge in [0.25, 0.3) is 0 Å². The van der Waals surface area contributed by atoms with E-state index in [1.54, 1.807) is 27.9 Å². The summed E-state index contributed by atoms with van der Waals surface area (Å²) in [5.74, 6) is -3.22. The van der Waals surface area contributed by atoms with Crippen molar-refractivity contribution in [3.8, 4) is 0 Å². The second kappa shape index (κ2) is 13.4. The summed E-state index contributed by atoms with van der Waals surface area (Å²) in [6.07, 6.45) is -2.84. The Bertz CT molecular complexity index is 924. The normalized spacial score (nSPS) is 43.2. The van der Waals surface area contributed by atoms with E-state index in [1.807, 2.05) is 46.7 Å². The van der Waals surface area contributed by atoms with Gasteiger partial charge in [0.1, 0.15) is 23.9 Å². The summed E-state index contributed by atoms with van der Waals surface area (Å²) < 4.78 is 30.5. The molecule has 11 nitrogen and oxygen atoms in total. The molecular formula is C29H52NO10P. The Labute approximate surface area is 246 Å². The highest BCUT2D eigenvalue weighted by atomic mass is 31.1. The van der Waals surface area contributed by atoms with E-state index in [2.05, 4.69) is 0 Å². The molecule has 3 heterocycles. The topological polar surface area (TPSA) is 144 Å². The van der Waals surface area contributed by atoms with Gasteiger partial charge >= 0.3 is 11.9 Å². The predicted octanol–water partition coefficient (Wildman–Crippen LogP) is 2.44. The Morgan fingerprint density at radius 3 is 2.27 bits per heavy atom. The molecule has 3 saturated heterocycles. The number of likely N-dealkylation sites (N-methyl/N-ethyl adjacent to an activating group) is 1. The molecule has 12 heteroatoms. The molecule has 0 aromatic heterocycles. The van der Waals surface area contributed by atoms with Crippen LogP contribution in [0.25, 0.3) is 0 Å². The molecule has 0 aliphatic carbocycles. The smallest absolute Gasteiger partial charge is 0.309 e. The Kier molecular flexibility index (Phi) is 11.3. The average molecular weight is 606 g/mol. The maximum absolute atomic E-state index is 12.7. The lowest BCUT2D eigenvalue weighted by atomic mass is 9.80. The lowest BCUT2D eigenvalue weighted by molar-refractivity contribution is -0.292. The number of aliphatic hydroxyl groups is 2. The summed E-state index contributed by atoms with van der Waals surface area (Å²) >= 11 is 0. The molecule has 3 aliphatic rings.